The van der Waals surface area contributed by atoms with Gasteiger partial charge < -0.3 is 5.32 Å². The Kier molecular flexibility index (Phi) is 5.56. The second kappa shape index (κ2) is 6.70. The van der Waals surface area contributed by atoms with Crippen LogP contribution in [0.1, 0.15) is 31.4 Å². The maximum Gasteiger partial charge on any atom is 0.217 e. The fourth-order valence-electron chi connectivity index (χ4n) is 1.60. The minimum atomic E-state index is 0.0541. The maximum atomic E-state index is 11.0. The first-order valence-electron chi connectivity index (χ1n) is 6.00. The molecule has 1 unspecified atom stereocenters. The molecule has 1 aromatic carbocycles. The van der Waals surface area contributed by atoms with E-state index in [2.05, 4.69) is 44.3 Å². The van der Waals surface area contributed by atoms with Crippen molar-refractivity contribution in [3.8, 4) is 0 Å². The van der Waals surface area contributed by atoms with E-state index >= 15 is 0 Å². The zero-order valence-electron chi connectivity index (χ0n) is 11.0. The Labute approximate surface area is 108 Å². The lowest BCUT2D eigenvalue weighted by Gasteiger charge is -2.16. The molecule has 1 amide bonds. The SMILES string of the molecule is CCC(CSc1cc(C)ccc1C)NC(C)=O. The van der Waals surface area contributed by atoms with E-state index in [1.165, 1.54) is 16.0 Å². The van der Waals surface area contributed by atoms with Gasteiger partial charge in [-0.25, -0.2) is 0 Å². The Morgan fingerprint density at radius 3 is 2.71 bits per heavy atom. The molecule has 94 valence electrons. The molecule has 0 saturated heterocycles. The molecule has 1 aromatic rings. The van der Waals surface area contributed by atoms with Gasteiger partial charge in [-0.3, -0.25) is 4.79 Å². The van der Waals surface area contributed by atoms with E-state index in [-0.39, 0.29) is 11.9 Å². The van der Waals surface area contributed by atoms with Crippen LogP contribution < -0.4 is 5.32 Å². The monoisotopic (exact) mass is 251 g/mol. The van der Waals surface area contributed by atoms with Crippen molar-refractivity contribution >= 4 is 17.7 Å². The molecule has 17 heavy (non-hydrogen) atoms. The molecule has 0 fully saturated rings. The highest BCUT2D eigenvalue weighted by molar-refractivity contribution is 7.99. The summed E-state index contributed by atoms with van der Waals surface area (Å²) in [7, 11) is 0. The lowest BCUT2D eigenvalue weighted by atomic mass is 10.2. The highest BCUT2D eigenvalue weighted by Crippen LogP contribution is 2.24. The molecule has 0 spiro atoms. The summed E-state index contributed by atoms with van der Waals surface area (Å²) in [4.78, 5) is 12.3. The van der Waals surface area contributed by atoms with Gasteiger partial charge in [0, 0.05) is 23.6 Å². The van der Waals surface area contributed by atoms with E-state index in [0.29, 0.717) is 0 Å². The van der Waals surface area contributed by atoms with Gasteiger partial charge in [0.25, 0.3) is 0 Å². The summed E-state index contributed by atoms with van der Waals surface area (Å²) in [5.74, 6) is 0.985. The summed E-state index contributed by atoms with van der Waals surface area (Å²) in [5.41, 5.74) is 2.59. The van der Waals surface area contributed by atoms with Crippen LogP contribution in [0.2, 0.25) is 0 Å². The van der Waals surface area contributed by atoms with Gasteiger partial charge in [0.15, 0.2) is 0 Å². The minimum Gasteiger partial charge on any atom is -0.353 e. The second-order valence-corrected chi connectivity index (χ2v) is 5.45. The Morgan fingerprint density at radius 2 is 2.12 bits per heavy atom. The number of amides is 1. The number of nitrogens with one attached hydrogen (secondary N) is 1. The molecule has 0 bridgehead atoms. The van der Waals surface area contributed by atoms with Crippen molar-refractivity contribution in [2.75, 3.05) is 5.75 Å². The standard InChI is InChI=1S/C14H21NOS/c1-5-13(15-12(4)16)9-17-14-8-10(2)6-7-11(14)3/h6-8,13H,5,9H2,1-4H3,(H,15,16). The molecule has 0 radical (unpaired) electrons. The lowest BCUT2D eigenvalue weighted by molar-refractivity contribution is -0.119. The van der Waals surface area contributed by atoms with Crippen LogP contribution >= 0.6 is 11.8 Å². The molecule has 0 saturated carbocycles. The van der Waals surface area contributed by atoms with E-state index in [1.54, 1.807) is 6.92 Å². The number of thioether (sulfide) groups is 1. The van der Waals surface area contributed by atoms with Crippen LogP contribution in [-0.4, -0.2) is 17.7 Å². The zero-order chi connectivity index (χ0) is 12.8. The molecule has 0 aliphatic carbocycles. The molecule has 0 aliphatic rings. The number of rotatable bonds is 5. The summed E-state index contributed by atoms with van der Waals surface area (Å²) < 4.78 is 0. The van der Waals surface area contributed by atoms with Gasteiger partial charge in [0.05, 0.1) is 0 Å². The Morgan fingerprint density at radius 1 is 1.41 bits per heavy atom. The summed E-state index contributed by atoms with van der Waals surface area (Å²) in [6.45, 7) is 7.91. The summed E-state index contributed by atoms with van der Waals surface area (Å²) in [6, 6.07) is 6.75. The number of carbonyl (C=O) groups excluding carboxylic acids is 1. The van der Waals surface area contributed by atoms with Crippen LogP contribution in [0, 0.1) is 13.8 Å². The molecule has 1 atom stereocenters. The predicted octanol–water partition coefficient (Wildman–Crippen LogP) is 3.31. The van der Waals surface area contributed by atoms with Crippen LogP contribution in [0.5, 0.6) is 0 Å². The first-order chi connectivity index (χ1) is 8.02. The fourth-order valence-corrected chi connectivity index (χ4v) is 2.87. The summed E-state index contributed by atoms with van der Waals surface area (Å²) >= 11 is 1.82. The third-order valence-corrected chi connectivity index (χ3v) is 4.00. The van der Waals surface area contributed by atoms with Crippen molar-refractivity contribution < 1.29 is 4.79 Å². The summed E-state index contributed by atoms with van der Waals surface area (Å²) in [6.07, 6.45) is 0.970. The van der Waals surface area contributed by atoms with Crippen molar-refractivity contribution in [1.82, 2.24) is 5.32 Å². The van der Waals surface area contributed by atoms with Gasteiger partial charge in [0.2, 0.25) is 5.91 Å². The number of hydrogen-bond acceptors (Lipinski definition) is 2. The quantitative estimate of drug-likeness (QED) is 0.813. The lowest BCUT2D eigenvalue weighted by Crippen LogP contribution is -2.34. The summed E-state index contributed by atoms with van der Waals surface area (Å²) in [5, 5.41) is 2.97. The van der Waals surface area contributed by atoms with Gasteiger partial charge in [-0.1, -0.05) is 24.6 Å². The number of hydrogen-bond donors (Lipinski definition) is 1. The highest BCUT2D eigenvalue weighted by atomic mass is 32.2. The minimum absolute atomic E-state index is 0.0541. The fraction of sp³-hybridized carbons (Fsp3) is 0.500. The van der Waals surface area contributed by atoms with Gasteiger partial charge in [-0.15, -0.1) is 11.8 Å². The van der Waals surface area contributed by atoms with Crippen molar-refractivity contribution in [2.45, 2.75) is 45.1 Å². The second-order valence-electron chi connectivity index (χ2n) is 4.39. The van der Waals surface area contributed by atoms with Gasteiger partial charge in [0.1, 0.15) is 0 Å². The number of benzene rings is 1. The van der Waals surface area contributed by atoms with E-state index in [9.17, 15) is 4.79 Å². The van der Waals surface area contributed by atoms with Crippen LogP contribution in [0.25, 0.3) is 0 Å². The molecule has 1 N–H and O–H groups in total. The largest absolute Gasteiger partial charge is 0.353 e. The first-order valence-corrected chi connectivity index (χ1v) is 6.98. The van der Waals surface area contributed by atoms with Crippen LogP contribution in [0.4, 0.5) is 0 Å². The van der Waals surface area contributed by atoms with Gasteiger partial charge in [-0.2, -0.15) is 0 Å². The molecule has 0 heterocycles. The van der Waals surface area contributed by atoms with E-state index in [1.807, 2.05) is 11.8 Å². The Balaban J connectivity index is 2.59. The average molecular weight is 251 g/mol. The molecule has 0 aliphatic heterocycles. The molecule has 2 nitrogen and oxygen atoms in total. The van der Waals surface area contributed by atoms with Gasteiger partial charge in [-0.05, 0) is 31.9 Å². The molecular formula is C14H21NOS. The topological polar surface area (TPSA) is 29.1 Å². The highest BCUT2D eigenvalue weighted by Gasteiger charge is 2.09. The normalized spacial score (nSPS) is 12.2. The Hall–Kier alpha value is -0.960. The first kappa shape index (κ1) is 14.1. The zero-order valence-corrected chi connectivity index (χ0v) is 11.9. The third-order valence-electron chi connectivity index (χ3n) is 2.68. The Bertz CT molecular complexity index is 390. The van der Waals surface area contributed by atoms with Crippen LogP contribution in [-0.2, 0) is 4.79 Å². The maximum absolute atomic E-state index is 11.0. The third kappa shape index (κ3) is 4.82. The molecule has 1 rings (SSSR count). The molecular weight excluding hydrogens is 230 g/mol. The predicted molar refractivity (Wildman–Crippen MR) is 74.5 cm³/mol. The molecule has 3 heteroatoms. The van der Waals surface area contributed by atoms with Crippen molar-refractivity contribution in [3.63, 3.8) is 0 Å². The van der Waals surface area contributed by atoms with Crippen LogP contribution in [0.15, 0.2) is 23.1 Å². The van der Waals surface area contributed by atoms with E-state index in [4.69, 9.17) is 0 Å². The van der Waals surface area contributed by atoms with Gasteiger partial charge >= 0.3 is 0 Å². The number of carbonyl (C=O) groups is 1. The van der Waals surface area contributed by atoms with Crippen molar-refractivity contribution in [2.24, 2.45) is 0 Å². The average Bonchev–Trinajstić information content (AvgIpc) is 2.28. The molecule has 0 aromatic heterocycles. The van der Waals surface area contributed by atoms with Crippen molar-refractivity contribution in [3.05, 3.63) is 29.3 Å². The van der Waals surface area contributed by atoms with Crippen LogP contribution in [0.3, 0.4) is 0 Å². The van der Waals surface area contributed by atoms with Crippen molar-refractivity contribution in [1.29, 1.82) is 0 Å². The smallest absolute Gasteiger partial charge is 0.217 e. The number of aryl methyl sites for hydroxylation is 2. The van der Waals surface area contributed by atoms with E-state index in [0.717, 1.165) is 12.2 Å². The van der Waals surface area contributed by atoms with E-state index < -0.39 is 0 Å².